The van der Waals surface area contributed by atoms with Crippen LogP contribution in [0.25, 0.3) is 11.4 Å². The Morgan fingerprint density at radius 3 is 2.83 bits per heavy atom. The molecule has 3 aromatic rings. The van der Waals surface area contributed by atoms with E-state index in [1.807, 2.05) is 31.6 Å². The second kappa shape index (κ2) is 10.2. The van der Waals surface area contributed by atoms with Crippen molar-refractivity contribution < 1.29 is 19.0 Å². The van der Waals surface area contributed by atoms with Gasteiger partial charge >= 0.3 is 0 Å². The monoisotopic (exact) mass is 494 g/mol. The van der Waals surface area contributed by atoms with Crippen LogP contribution in [0, 0.1) is 11.3 Å². The summed E-state index contributed by atoms with van der Waals surface area (Å²) in [7, 11) is 0. The molecule has 3 heterocycles. The largest absolute Gasteiger partial charge is 0.486 e. The van der Waals surface area contributed by atoms with E-state index in [1.54, 1.807) is 24.4 Å². The third kappa shape index (κ3) is 5.58. The van der Waals surface area contributed by atoms with Crippen LogP contribution in [0.5, 0.6) is 5.75 Å². The van der Waals surface area contributed by atoms with Crippen LogP contribution in [0.2, 0.25) is 0 Å². The molecule has 1 saturated heterocycles. The maximum atomic E-state index is 14.6. The fraction of sp³-hybridized carbons (Fsp3) is 0.417. The number of amides is 1. The smallest absolute Gasteiger partial charge is 0.248 e. The number of carbonyl (C=O) groups excluding carboxylic acids is 1. The van der Waals surface area contributed by atoms with Crippen LogP contribution in [0.15, 0.2) is 36.9 Å². The SMILES string of the molecule is CC(C)(C)n1cc(Nc2ncnc(-c3ccc(OC4CCN(C(=O)CO)C[C@H]4F)c(C#N)c3)n2)cn1. The number of nitriles is 1. The fourth-order valence-corrected chi connectivity index (χ4v) is 3.74. The first-order valence-corrected chi connectivity index (χ1v) is 11.4. The Bertz CT molecular complexity index is 1280. The molecule has 2 atom stereocenters. The Morgan fingerprint density at radius 2 is 2.17 bits per heavy atom. The van der Waals surface area contributed by atoms with Crippen LogP contribution in [-0.4, -0.2) is 72.6 Å². The van der Waals surface area contributed by atoms with Gasteiger partial charge in [0, 0.05) is 24.7 Å². The molecule has 2 aromatic heterocycles. The number of aliphatic hydroxyl groups excluding tert-OH is 1. The van der Waals surface area contributed by atoms with Gasteiger partial charge in [-0.05, 0) is 39.0 Å². The predicted molar refractivity (Wildman–Crippen MR) is 128 cm³/mol. The van der Waals surface area contributed by atoms with Gasteiger partial charge in [-0.3, -0.25) is 9.48 Å². The van der Waals surface area contributed by atoms with Gasteiger partial charge in [-0.15, -0.1) is 0 Å². The normalized spacial score (nSPS) is 17.9. The van der Waals surface area contributed by atoms with E-state index in [2.05, 4.69) is 31.4 Å². The van der Waals surface area contributed by atoms with Crippen molar-refractivity contribution in [1.29, 1.82) is 5.26 Å². The molecule has 1 aliphatic heterocycles. The molecule has 4 rings (SSSR count). The van der Waals surface area contributed by atoms with Gasteiger partial charge in [0.1, 0.15) is 30.9 Å². The van der Waals surface area contributed by atoms with Crippen molar-refractivity contribution in [3.8, 4) is 23.2 Å². The number of carbonyl (C=O) groups is 1. The average molecular weight is 495 g/mol. The Labute approximate surface area is 207 Å². The second-order valence-corrected chi connectivity index (χ2v) is 9.38. The summed E-state index contributed by atoms with van der Waals surface area (Å²) in [6.07, 6.45) is 2.88. The number of nitrogens with one attached hydrogen (secondary N) is 1. The number of likely N-dealkylation sites (tertiary alicyclic amines) is 1. The van der Waals surface area contributed by atoms with Crippen LogP contribution in [0.4, 0.5) is 16.0 Å². The topological polar surface area (TPSA) is 142 Å². The molecule has 36 heavy (non-hydrogen) atoms. The lowest BCUT2D eigenvalue weighted by atomic mass is 10.0. The summed E-state index contributed by atoms with van der Waals surface area (Å²) in [6.45, 7) is 5.56. The number of anilines is 2. The minimum absolute atomic E-state index is 0.167. The van der Waals surface area contributed by atoms with Gasteiger partial charge < -0.3 is 20.1 Å². The minimum atomic E-state index is -1.44. The summed E-state index contributed by atoms with van der Waals surface area (Å²) in [4.78, 5) is 25.7. The Hall–Kier alpha value is -4.11. The first kappa shape index (κ1) is 25.0. The molecular formula is C24H27FN8O3. The standard InChI is InChI=1S/C24H27FN8O3/c1-24(2,3)33-11-17(10-29-33)30-23-28-14-27-22(31-23)15-4-5-19(16(8-15)9-26)36-20-6-7-32(12-18(20)25)21(35)13-34/h4-5,8,10-11,14,18,20,34H,6-7,12-13H2,1-3H3,(H,27,28,30,31)/t18-,20?/m1/s1. The van der Waals surface area contributed by atoms with Gasteiger partial charge in [0.15, 0.2) is 12.0 Å². The number of hydrogen-bond donors (Lipinski definition) is 2. The number of benzene rings is 1. The van der Waals surface area contributed by atoms with Gasteiger partial charge in [-0.1, -0.05) is 0 Å². The summed E-state index contributed by atoms with van der Waals surface area (Å²) < 4.78 is 22.3. The zero-order valence-electron chi connectivity index (χ0n) is 20.2. The molecule has 1 aromatic carbocycles. The van der Waals surface area contributed by atoms with Crippen molar-refractivity contribution in [2.75, 3.05) is 25.0 Å². The Morgan fingerprint density at radius 1 is 1.36 bits per heavy atom. The van der Waals surface area contributed by atoms with Crippen LogP contribution in [-0.2, 0) is 10.3 Å². The average Bonchev–Trinajstić information content (AvgIpc) is 3.34. The molecule has 1 unspecified atom stereocenters. The van der Waals surface area contributed by atoms with Crippen LogP contribution in [0.1, 0.15) is 32.8 Å². The lowest BCUT2D eigenvalue weighted by Crippen LogP contribution is -2.50. The third-order valence-corrected chi connectivity index (χ3v) is 5.70. The summed E-state index contributed by atoms with van der Waals surface area (Å²) in [5, 5.41) is 26.1. The second-order valence-electron chi connectivity index (χ2n) is 9.38. The lowest BCUT2D eigenvalue weighted by molar-refractivity contribution is -0.138. The van der Waals surface area contributed by atoms with Crippen LogP contribution < -0.4 is 10.1 Å². The quantitative estimate of drug-likeness (QED) is 0.528. The molecule has 2 N–H and O–H groups in total. The number of aromatic nitrogens is 5. The van der Waals surface area contributed by atoms with Crippen molar-refractivity contribution in [2.45, 2.75) is 45.0 Å². The fourth-order valence-electron chi connectivity index (χ4n) is 3.74. The third-order valence-electron chi connectivity index (χ3n) is 5.70. The minimum Gasteiger partial charge on any atom is -0.486 e. The maximum Gasteiger partial charge on any atom is 0.248 e. The van der Waals surface area contributed by atoms with Gasteiger partial charge in [0.25, 0.3) is 0 Å². The number of piperidine rings is 1. The Balaban J connectivity index is 1.48. The molecule has 0 spiro atoms. The van der Waals surface area contributed by atoms with E-state index in [4.69, 9.17) is 9.84 Å². The number of ether oxygens (including phenoxy) is 1. The number of hydrogen-bond acceptors (Lipinski definition) is 9. The van der Waals surface area contributed by atoms with E-state index in [9.17, 15) is 14.4 Å². The van der Waals surface area contributed by atoms with Gasteiger partial charge in [-0.25, -0.2) is 14.4 Å². The summed E-state index contributed by atoms with van der Waals surface area (Å²) >= 11 is 0. The number of rotatable bonds is 6. The van der Waals surface area contributed by atoms with Crippen molar-refractivity contribution in [1.82, 2.24) is 29.6 Å². The highest BCUT2D eigenvalue weighted by atomic mass is 19.1. The molecule has 188 valence electrons. The van der Waals surface area contributed by atoms with Crippen LogP contribution in [0.3, 0.4) is 0 Å². The number of nitrogens with zero attached hydrogens (tertiary/aromatic N) is 7. The molecule has 0 bridgehead atoms. The van der Waals surface area contributed by atoms with Crippen molar-refractivity contribution in [3.63, 3.8) is 0 Å². The van der Waals surface area contributed by atoms with E-state index < -0.39 is 24.8 Å². The van der Waals surface area contributed by atoms with E-state index in [0.29, 0.717) is 17.3 Å². The first-order chi connectivity index (χ1) is 17.2. The summed E-state index contributed by atoms with van der Waals surface area (Å²) in [5.41, 5.74) is 1.32. The molecule has 0 radical (unpaired) electrons. The first-order valence-electron chi connectivity index (χ1n) is 11.4. The Kier molecular flexibility index (Phi) is 7.12. The highest BCUT2D eigenvalue weighted by Gasteiger charge is 2.33. The summed E-state index contributed by atoms with van der Waals surface area (Å²) in [5.74, 6) is 0.375. The van der Waals surface area contributed by atoms with E-state index in [0.717, 1.165) is 5.69 Å². The molecular weight excluding hydrogens is 467 g/mol. The summed E-state index contributed by atoms with van der Waals surface area (Å²) in [6, 6.07) is 6.91. The van der Waals surface area contributed by atoms with Crippen molar-refractivity contribution in [2.24, 2.45) is 0 Å². The van der Waals surface area contributed by atoms with Gasteiger partial charge in [0.05, 0.1) is 29.5 Å². The van der Waals surface area contributed by atoms with E-state index >= 15 is 0 Å². The van der Waals surface area contributed by atoms with E-state index in [-0.39, 0.29) is 36.4 Å². The zero-order valence-corrected chi connectivity index (χ0v) is 20.2. The maximum absolute atomic E-state index is 14.6. The van der Waals surface area contributed by atoms with Gasteiger partial charge in [0.2, 0.25) is 11.9 Å². The van der Waals surface area contributed by atoms with Crippen molar-refractivity contribution >= 4 is 17.5 Å². The highest BCUT2D eigenvalue weighted by molar-refractivity contribution is 5.77. The van der Waals surface area contributed by atoms with Crippen LogP contribution >= 0.6 is 0 Å². The molecule has 1 amide bonds. The molecule has 1 aliphatic rings. The van der Waals surface area contributed by atoms with Crippen molar-refractivity contribution in [3.05, 3.63) is 42.5 Å². The number of aliphatic hydroxyl groups is 1. The molecule has 11 nitrogen and oxygen atoms in total. The molecule has 12 heteroatoms. The predicted octanol–water partition coefficient (Wildman–Crippen LogP) is 2.42. The lowest BCUT2D eigenvalue weighted by Gasteiger charge is -2.34. The number of halogens is 1. The molecule has 0 aliphatic carbocycles. The zero-order chi connectivity index (χ0) is 25.9. The van der Waals surface area contributed by atoms with E-state index in [1.165, 1.54) is 11.2 Å². The van der Waals surface area contributed by atoms with Gasteiger partial charge in [-0.2, -0.15) is 15.3 Å². The molecule has 1 fully saturated rings. The highest BCUT2D eigenvalue weighted by Crippen LogP contribution is 2.28. The number of alkyl halides is 1. The molecule has 0 saturated carbocycles.